The molecule has 0 radical (unpaired) electrons. The van der Waals surface area contributed by atoms with E-state index in [-0.39, 0.29) is 17.4 Å². The van der Waals surface area contributed by atoms with Crippen molar-refractivity contribution in [1.29, 1.82) is 5.41 Å². The number of hydrogen-bond donors (Lipinski definition) is 4. The van der Waals surface area contributed by atoms with Gasteiger partial charge in [0.2, 0.25) is 5.91 Å². The summed E-state index contributed by atoms with van der Waals surface area (Å²) < 4.78 is 18.6. The Morgan fingerprint density at radius 1 is 1.15 bits per heavy atom. The minimum Gasteiger partial charge on any atom is -0.457 e. The van der Waals surface area contributed by atoms with Crippen LogP contribution in [0.4, 0.5) is 4.39 Å². The Hall–Kier alpha value is -4.05. The number of nitrogens with zero attached hydrogens (tertiary/aromatic N) is 2. The lowest BCUT2D eigenvalue weighted by Crippen LogP contribution is -2.56. The summed E-state index contributed by atoms with van der Waals surface area (Å²) in [6, 6.07) is 11.5. The maximum Gasteiger partial charge on any atom is 0.267 e. The van der Waals surface area contributed by atoms with Crippen molar-refractivity contribution in [3.05, 3.63) is 71.7 Å². The van der Waals surface area contributed by atoms with Crippen LogP contribution in [-0.4, -0.2) is 53.9 Å². The van der Waals surface area contributed by atoms with Crippen molar-refractivity contribution in [2.75, 3.05) is 19.6 Å². The molecule has 1 atom stereocenters. The first-order chi connectivity index (χ1) is 15.7. The number of hydrogen-bond acceptors (Lipinski definition) is 6. The number of carbonyl (C=O) groups excluding carboxylic acids is 2. The average Bonchev–Trinajstić information content (AvgIpc) is 2.80. The van der Waals surface area contributed by atoms with Crippen LogP contribution in [0.15, 0.2) is 65.3 Å². The number of allylic oxidation sites excluding steroid dienone is 1. The smallest absolute Gasteiger partial charge is 0.267 e. The molecule has 0 aromatic heterocycles. The van der Waals surface area contributed by atoms with Gasteiger partial charge in [0.25, 0.3) is 5.91 Å². The van der Waals surface area contributed by atoms with E-state index in [0.29, 0.717) is 42.4 Å². The fourth-order valence-electron chi connectivity index (χ4n) is 3.32. The number of piperazine rings is 1. The monoisotopic (exact) mass is 452 g/mol. The van der Waals surface area contributed by atoms with E-state index in [1.165, 1.54) is 30.3 Å². The molecule has 1 aliphatic rings. The highest BCUT2D eigenvalue weighted by Crippen LogP contribution is 2.22. The third-order valence-corrected chi connectivity index (χ3v) is 5.03. The third-order valence-electron chi connectivity index (χ3n) is 5.03. The molecule has 2 aromatic carbocycles. The van der Waals surface area contributed by atoms with Gasteiger partial charge in [-0.15, -0.1) is 0 Å². The second kappa shape index (κ2) is 10.5. The molecule has 0 spiro atoms. The van der Waals surface area contributed by atoms with Crippen molar-refractivity contribution in [2.45, 2.75) is 13.0 Å². The SMILES string of the molecule is C/C(=C\C(=N/C(=N)c1ccc(Oc2ccc(F)cc2)cc1)C(N)=O)N1CCNCC1C(N)=O. The van der Waals surface area contributed by atoms with Gasteiger partial charge >= 0.3 is 0 Å². The van der Waals surface area contributed by atoms with Crippen LogP contribution in [0.5, 0.6) is 11.5 Å². The molecule has 172 valence electrons. The van der Waals surface area contributed by atoms with E-state index in [2.05, 4.69) is 10.3 Å². The summed E-state index contributed by atoms with van der Waals surface area (Å²) in [4.78, 5) is 29.6. The Labute approximate surface area is 190 Å². The van der Waals surface area contributed by atoms with Crippen LogP contribution in [0.2, 0.25) is 0 Å². The van der Waals surface area contributed by atoms with Gasteiger partial charge in [-0.3, -0.25) is 15.0 Å². The van der Waals surface area contributed by atoms with E-state index in [0.717, 1.165) is 0 Å². The van der Waals surface area contributed by atoms with Crippen molar-refractivity contribution in [3.8, 4) is 11.5 Å². The quantitative estimate of drug-likeness (QED) is 0.372. The summed E-state index contributed by atoms with van der Waals surface area (Å²) in [5.41, 5.74) is 11.9. The first kappa shape index (κ1) is 23.6. The van der Waals surface area contributed by atoms with Crippen molar-refractivity contribution in [1.82, 2.24) is 10.2 Å². The van der Waals surface area contributed by atoms with Gasteiger partial charge in [0.05, 0.1) is 0 Å². The van der Waals surface area contributed by atoms with Crippen molar-refractivity contribution < 1.29 is 18.7 Å². The van der Waals surface area contributed by atoms with Crippen molar-refractivity contribution in [2.24, 2.45) is 16.5 Å². The van der Waals surface area contributed by atoms with Gasteiger partial charge in [0, 0.05) is 30.9 Å². The summed E-state index contributed by atoms with van der Waals surface area (Å²) in [6.07, 6.45) is 1.45. The first-order valence-corrected chi connectivity index (χ1v) is 10.2. The van der Waals surface area contributed by atoms with Crippen LogP contribution in [0.25, 0.3) is 0 Å². The lowest BCUT2D eigenvalue weighted by molar-refractivity contribution is -0.123. The van der Waals surface area contributed by atoms with E-state index in [1.807, 2.05) is 0 Å². The molecule has 0 bridgehead atoms. The zero-order chi connectivity index (χ0) is 24.0. The lowest BCUT2D eigenvalue weighted by atomic mass is 10.1. The average molecular weight is 452 g/mol. The molecule has 0 saturated carbocycles. The van der Waals surface area contributed by atoms with Crippen LogP contribution >= 0.6 is 0 Å². The number of nitrogens with two attached hydrogens (primary N) is 2. The number of halogens is 1. The zero-order valence-corrected chi connectivity index (χ0v) is 18.0. The molecule has 2 aromatic rings. The molecule has 10 heteroatoms. The largest absolute Gasteiger partial charge is 0.457 e. The maximum atomic E-state index is 13.0. The standard InChI is InChI=1S/C23H25FN6O3/c1-14(30-11-10-28-13-20(30)23(27)32)12-19(22(26)31)29-21(25)15-2-6-17(7-3-15)33-18-8-4-16(24)5-9-18/h2-9,12,20,25,28H,10-11,13H2,1H3,(H2,26,31)(H2,27,32)/b14-12+,25-21?,29-19+. The molecule has 9 nitrogen and oxygen atoms in total. The number of benzene rings is 2. The minimum absolute atomic E-state index is 0.120. The fraction of sp³-hybridized carbons (Fsp3) is 0.217. The van der Waals surface area contributed by atoms with Crippen LogP contribution < -0.4 is 21.5 Å². The Morgan fingerprint density at radius 3 is 2.33 bits per heavy atom. The Bertz CT molecular complexity index is 1100. The highest BCUT2D eigenvalue weighted by molar-refractivity contribution is 6.44. The Kier molecular flexibility index (Phi) is 7.52. The van der Waals surface area contributed by atoms with Gasteiger partial charge in [-0.1, -0.05) is 0 Å². The molecular formula is C23H25FN6O3. The molecule has 1 unspecified atom stereocenters. The molecule has 0 aliphatic carbocycles. The summed E-state index contributed by atoms with van der Waals surface area (Å²) in [5, 5.41) is 11.4. The van der Waals surface area contributed by atoms with Crippen LogP contribution in [0.3, 0.4) is 0 Å². The van der Waals surface area contributed by atoms with Gasteiger partial charge in [0.1, 0.15) is 29.1 Å². The molecule has 1 saturated heterocycles. The maximum absolute atomic E-state index is 13.0. The predicted octanol–water partition coefficient (Wildman–Crippen LogP) is 1.53. The predicted molar refractivity (Wildman–Crippen MR) is 123 cm³/mol. The van der Waals surface area contributed by atoms with Gasteiger partial charge < -0.3 is 26.4 Å². The summed E-state index contributed by atoms with van der Waals surface area (Å²) >= 11 is 0. The second-order valence-electron chi connectivity index (χ2n) is 7.39. The molecular weight excluding hydrogens is 427 g/mol. The van der Waals surface area contributed by atoms with Crippen molar-refractivity contribution >= 4 is 23.4 Å². The number of rotatable bonds is 7. The molecule has 1 heterocycles. The molecule has 33 heavy (non-hydrogen) atoms. The van der Waals surface area contributed by atoms with Crippen LogP contribution in [-0.2, 0) is 9.59 Å². The fourth-order valence-corrected chi connectivity index (χ4v) is 3.32. The third kappa shape index (κ3) is 6.23. The first-order valence-electron chi connectivity index (χ1n) is 10.2. The van der Waals surface area contributed by atoms with E-state index in [9.17, 15) is 14.0 Å². The van der Waals surface area contributed by atoms with Gasteiger partial charge in [0.15, 0.2) is 5.84 Å². The van der Waals surface area contributed by atoms with Crippen molar-refractivity contribution in [3.63, 3.8) is 0 Å². The van der Waals surface area contributed by atoms with E-state index in [4.69, 9.17) is 21.6 Å². The van der Waals surface area contributed by atoms with E-state index >= 15 is 0 Å². The molecule has 1 fully saturated rings. The van der Waals surface area contributed by atoms with Crippen LogP contribution in [0, 0.1) is 11.2 Å². The molecule has 1 aliphatic heterocycles. The van der Waals surface area contributed by atoms with E-state index < -0.39 is 17.9 Å². The number of nitrogens with one attached hydrogen (secondary N) is 2. The molecule has 3 rings (SSSR count). The molecule has 2 amide bonds. The van der Waals surface area contributed by atoms with Gasteiger partial charge in [-0.05, 0) is 61.5 Å². The Morgan fingerprint density at radius 2 is 1.76 bits per heavy atom. The van der Waals surface area contributed by atoms with Crippen LogP contribution in [0.1, 0.15) is 12.5 Å². The lowest BCUT2D eigenvalue weighted by Gasteiger charge is -2.36. The number of amides is 2. The zero-order valence-electron chi connectivity index (χ0n) is 18.0. The second-order valence-corrected chi connectivity index (χ2v) is 7.39. The molecule has 6 N–H and O–H groups in total. The minimum atomic E-state index is -0.805. The number of carbonyl (C=O) groups is 2. The summed E-state index contributed by atoms with van der Waals surface area (Å²) in [6.45, 7) is 3.30. The normalized spacial score (nSPS) is 16.9. The van der Waals surface area contributed by atoms with Gasteiger partial charge in [-0.2, -0.15) is 0 Å². The summed E-state index contributed by atoms with van der Waals surface area (Å²) in [7, 11) is 0. The van der Waals surface area contributed by atoms with Gasteiger partial charge in [-0.25, -0.2) is 9.38 Å². The van der Waals surface area contributed by atoms with E-state index in [1.54, 1.807) is 36.1 Å². The number of aliphatic imine (C=N–C) groups is 1. The highest BCUT2D eigenvalue weighted by Gasteiger charge is 2.27. The Balaban J connectivity index is 1.76. The summed E-state index contributed by atoms with van der Waals surface area (Å²) in [5.74, 6) is -0.863. The number of amidine groups is 1. The highest BCUT2D eigenvalue weighted by atomic mass is 19.1. The number of primary amides is 2. The number of ether oxygens (including phenoxy) is 1. The topological polar surface area (TPSA) is 147 Å².